The van der Waals surface area contributed by atoms with Gasteiger partial charge in [0.15, 0.2) is 0 Å². The molecule has 1 aliphatic rings. The highest BCUT2D eigenvalue weighted by molar-refractivity contribution is 6.05. The molecule has 4 rings (SSSR count). The Morgan fingerprint density at radius 1 is 1.15 bits per heavy atom. The van der Waals surface area contributed by atoms with E-state index in [9.17, 15) is 4.79 Å². The van der Waals surface area contributed by atoms with Crippen LogP contribution in [0.1, 0.15) is 29.6 Å². The number of amides is 1. The van der Waals surface area contributed by atoms with E-state index in [0.29, 0.717) is 12.1 Å². The zero-order valence-electron chi connectivity index (χ0n) is 15.1. The number of rotatable bonds is 2. The number of hydrogen-bond donors (Lipinski definition) is 1. The van der Waals surface area contributed by atoms with Gasteiger partial charge in [0.25, 0.3) is 5.91 Å². The van der Waals surface area contributed by atoms with Gasteiger partial charge >= 0.3 is 0 Å². The molecule has 1 atom stereocenters. The van der Waals surface area contributed by atoms with Crippen molar-refractivity contribution in [2.75, 3.05) is 13.1 Å². The molecule has 1 amide bonds. The number of aryl methyl sites for hydroxylation is 1. The zero-order chi connectivity index (χ0) is 18.1. The quantitative estimate of drug-likeness (QED) is 0.773. The Morgan fingerprint density at radius 3 is 2.77 bits per heavy atom. The predicted octanol–water partition coefficient (Wildman–Crippen LogP) is 3.19. The zero-order valence-corrected chi connectivity index (χ0v) is 15.1. The maximum atomic E-state index is 13.2. The average molecular weight is 348 g/mol. The van der Waals surface area contributed by atoms with E-state index in [1.54, 1.807) is 0 Å². The topological polar surface area (TPSA) is 64.2 Å². The summed E-state index contributed by atoms with van der Waals surface area (Å²) in [5.41, 5.74) is 10.5. The number of hydrogen-bond acceptors (Lipinski definition) is 3. The fraction of sp³-hybridized carbons (Fsp3) is 0.333. The van der Waals surface area contributed by atoms with Gasteiger partial charge in [-0.2, -0.15) is 0 Å². The van der Waals surface area contributed by atoms with Gasteiger partial charge in [-0.1, -0.05) is 36.8 Å². The molecule has 3 aromatic rings. The summed E-state index contributed by atoms with van der Waals surface area (Å²) in [4.78, 5) is 19.9. The second-order valence-corrected chi connectivity index (χ2v) is 7.09. The maximum Gasteiger partial charge on any atom is 0.257 e. The van der Waals surface area contributed by atoms with Crippen molar-refractivity contribution in [2.24, 2.45) is 12.8 Å². The summed E-state index contributed by atoms with van der Waals surface area (Å²) in [7, 11) is 1.96. The lowest BCUT2D eigenvalue weighted by molar-refractivity contribution is 0.0756. The second-order valence-electron chi connectivity index (χ2n) is 7.09. The number of pyridine rings is 1. The first-order valence-electron chi connectivity index (χ1n) is 9.20. The van der Waals surface area contributed by atoms with Gasteiger partial charge in [0.05, 0.1) is 16.8 Å². The summed E-state index contributed by atoms with van der Waals surface area (Å²) < 4.78 is 1.97. The average Bonchev–Trinajstić information content (AvgIpc) is 2.84. The molecule has 1 unspecified atom stereocenters. The third-order valence-electron chi connectivity index (χ3n) is 5.13. The predicted molar refractivity (Wildman–Crippen MR) is 104 cm³/mol. The molecule has 0 aliphatic carbocycles. The monoisotopic (exact) mass is 348 g/mol. The molecule has 3 heterocycles. The summed E-state index contributed by atoms with van der Waals surface area (Å²) in [6, 6.07) is 14.2. The molecule has 0 radical (unpaired) electrons. The van der Waals surface area contributed by atoms with Crippen molar-refractivity contribution in [3.05, 3.63) is 54.2 Å². The molecule has 1 fully saturated rings. The van der Waals surface area contributed by atoms with E-state index in [1.165, 1.54) is 0 Å². The molecular formula is C21H24N4O. The summed E-state index contributed by atoms with van der Waals surface area (Å²) in [5, 5.41) is 0. The SMILES string of the molecule is Cn1cc(C(=O)N2CCCCC(N)C2)c2nc(-c3ccccc3)ccc21. The Balaban J connectivity index is 1.75. The molecule has 1 aliphatic heterocycles. The third kappa shape index (κ3) is 3.10. The minimum absolute atomic E-state index is 0.0330. The number of likely N-dealkylation sites (tertiary alicyclic amines) is 1. The largest absolute Gasteiger partial charge is 0.348 e. The van der Waals surface area contributed by atoms with Crippen LogP contribution in [0.15, 0.2) is 48.7 Å². The van der Waals surface area contributed by atoms with Crippen LogP contribution in [-0.2, 0) is 7.05 Å². The smallest absolute Gasteiger partial charge is 0.257 e. The summed E-state index contributed by atoms with van der Waals surface area (Å²) >= 11 is 0. The Morgan fingerprint density at radius 2 is 1.96 bits per heavy atom. The molecule has 5 nitrogen and oxygen atoms in total. The van der Waals surface area contributed by atoms with Gasteiger partial charge in [-0.25, -0.2) is 4.98 Å². The van der Waals surface area contributed by atoms with E-state index in [-0.39, 0.29) is 11.9 Å². The lowest BCUT2D eigenvalue weighted by Gasteiger charge is -2.22. The molecule has 0 saturated carbocycles. The maximum absolute atomic E-state index is 13.2. The lowest BCUT2D eigenvalue weighted by Crippen LogP contribution is -2.39. The van der Waals surface area contributed by atoms with E-state index in [0.717, 1.165) is 48.1 Å². The highest BCUT2D eigenvalue weighted by Gasteiger charge is 2.24. The van der Waals surface area contributed by atoms with Gasteiger partial charge in [0.2, 0.25) is 0 Å². The fourth-order valence-corrected chi connectivity index (χ4v) is 3.71. The summed E-state index contributed by atoms with van der Waals surface area (Å²) in [6.45, 7) is 1.38. The minimum atomic E-state index is 0.0330. The highest BCUT2D eigenvalue weighted by Crippen LogP contribution is 2.25. The number of carbonyl (C=O) groups is 1. The van der Waals surface area contributed by atoms with E-state index < -0.39 is 0 Å². The third-order valence-corrected chi connectivity index (χ3v) is 5.13. The van der Waals surface area contributed by atoms with Crippen LogP contribution in [0.4, 0.5) is 0 Å². The number of fused-ring (bicyclic) bond motifs is 1. The number of aromatic nitrogens is 2. The Bertz CT molecular complexity index is 932. The number of nitrogens with zero attached hydrogens (tertiary/aromatic N) is 3. The lowest BCUT2D eigenvalue weighted by atomic mass is 10.1. The normalized spacial score (nSPS) is 18.1. The van der Waals surface area contributed by atoms with E-state index in [4.69, 9.17) is 10.7 Å². The van der Waals surface area contributed by atoms with Crippen molar-refractivity contribution in [3.8, 4) is 11.3 Å². The van der Waals surface area contributed by atoms with Crippen LogP contribution in [-0.4, -0.2) is 39.5 Å². The molecule has 1 saturated heterocycles. The summed E-state index contributed by atoms with van der Waals surface area (Å²) in [5.74, 6) is 0.0330. The molecule has 134 valence electrons. The van der Waals surface area contributed by atoms with Crippen molar-refractivity contribution in [2.45, 2.75) is 25.3 Å². The molecule has 2 aromatic heterocycles. The number of carbonyl (C=O) groups excluding carboxylic acids is 1. The van der Waals surface area contributed by atoms with E-state index >= 15 is 0 Å². The van der Waals surface area contributed by atoms with Crippen molar-refractivity contribution in [1.82, 2.24) is 14.5 Å². The van der Waals surface area contributed by atoms with Crippen LogP contribution in [0.25, 0.3) is 22.3 Å². The Kier molecular flexibility index (Phi) is 4.47. The molecular weight excluding hydrogens is 324 g/mol. The second kappa shape index (κ2) is 6.92. The molecule has 5 heteroatoms. The van der Waals surface area contributed by atoms with E-state index in [1.807, 2.05) is 65.2 Å². The van der Waals surface area contributed by atoms with Crippen LogP contribution < -0.4 is 5.73 Å². The molecule has 0 bridgehead atoms. The van der Waals surface area contributed by atoms with Gasteiger partial charge in [-0.3, -0.25) is 4.79 Å². The Hall–Kier alpha value is -2.66. The van der Waals surface area contributed by atoms with Crippen molar-refractivity contribution < 1.29 is 4.79 Å². The number of benzene rings is 1. The van der Waals surface area contributed by atoms with Gasteiger partial charge in [0, 0.05) is 37.9 Å². The van der Waals surface area contributed by atoms with Gasteiger partial charge in [-0.15, -0.1) is 0 Å². The van der Waals surface area contributed by atoms with Gasteiger partial charge < -0.3 is 15.2 Å². The van der Waals surface area contributed by atoms with Crippen molar-refractivity contribution >= 4 is 16.9 Å². The van der Waals surface area contributed by atoms with Crippen LogP contribution >= 0.6 is 0 Å². The van der Waals surface area contributed by atoms with Crippen LogP contribution in [0, 0.1) is 0 Å². The van der Waals surface area contributed by atoms with Gasteiger partial charge in [0.1, 0.15) is 5.52 Å². The molecule has 2 N–H and O–H groups in total. The van der Waals surface area contributed by atoms with Crippen molar-refractivity contribution in [3.63, 3.8) is 0 Å². The van der Waals surface area contributed by atoms with Gasteiger partial charge in [-0.05, 0) is 25.0 Å². The first kappa shape index (κ1) is 16.8. The van der Waals surface area contributed by atoms with Crippen LogP contribution in [0.2, 0.25) is 0 Å². The molecule has 26 heavy (non-hydrogen) atoms. The molecule has 1 aromatic carbocycles. The standard InChI is InChI=1S/C21H24N4O/c1-24-14-17(21(26)25-12-6-5-9-16(22)13-25)20-19(24)11-10-18(23-20)15-7-3-2-4-8-15/h2-4,7-8,10-11,14,16H,5-6,9,12-13,22H2,1H3. The number of nitrogens with two attached hydrogens (primary N) is 1. The summed E-state index contributed by atoms with van der Waals surface area (Å²) in [6.07, 6.45) is 4.96. The van der Waals surface area contributed by atoms with Crippen molar-refractivity contribution in [1.29, 1.82) is 0 Å². The van der Waals surface area contributed by atoms with Crippen LogP contribution in [0.5, 0.6) is 0 Å². The van der Waals surface area contributed by atoms with Crippen LogP contribution in [0.3, 0.4) is 0 Å². The Labute approximate surface area is 153 Å². The molecule has 0 spiro atoms. The first-order valence-corrected chi connectivity index (χ1v) is 9.20. The first-order chi connectivity index (χ1) is 12.6. The van der Waals surface area contributed by atoms with E-state index in [2.05, 4.69) is 0 Å². The fourth-order valence-electron chi connectivity index (χ4n) is 3.71. The minimum Gasteiger partial charge on any atom is -0.348 e. The highest BCUT2D eigenvalue weighted by atomic mass is 16.2.